The Morgan fingerprint density at radius 2 is 1.77 bits per heavy atom. The number of nitrogens with one attached hydrogen (secondary N) is 1. The van der Waals surface area contributed by atoms with Crippen molar-refractivity contribution >= 4 is 35.1 Å². The summed E-state index contributed by atoms with van der Waals surface area (Å²) in [5.41, 5.74) is 3.99. The molecule has 39 heavy (non-hydrogen) atoms. The summed E-state index contributed by atoms with van der Waals surface area (Å²) in [7, 11) is 4.61. The van der Waals surface area contributed by atoms with Gasteiger partial charge in [0.15, 0.2) is 17.3 Å². The number of carbonyl (C=O) groups is 2. The van der Waals surface area contributed by atoms with Crippen LogP contribution in [0.3, 0.4) is 0 Å². The van der Waals surface area contributed by atoms with Gasteiger partial charge in [0.25, 0.3) is 0 Å². The van der Waals surface area contributed by atoms with E-state index in [1.165, 1.54) is 21.3 Å². The van der Waals surface area contributed by atoms with Gasteiger partial charge < -0.3 is 24.3 Å². The molecule has 0 radical (unpaired) electrons. The Hall–Kier alpha value is -3.10. The van der Waals surface area contributed by atoms with Gasteiger partial charge in [-0.2, -0.15) is 11.8 Å². The van der Waals surface area contributed by atoms with Gasteiger partial charge in [-0.15, -0.1) is 0 Å². The van der Waals surface area contributed by atoms with Gasteiger partial charge in [0.1, 0.15) is 6.61 Å². The van der Waals surface area contributed by atoms with Crippen molar-refractivity contribution in [1.82, 2.24) is 5.32 Å². The highest BCUT2D eigenvalue weighted by atomic mass is 35.5. The Labute approximate surface area is 238 Å². The van der Waals surface area contributed by atoms with Crippen molar-refractivity contribution in [3.63, 3.8) is 0 Å². The molecular formula is C30H34ClNO6S. The number of Topliss-reactive ketones (excluding diaryl/α,β-unsaturated/α-hetero) is 1. The third kappa shape index (κ3) is 5.92. The summed E-state index contributed by atoms with van der Waals surface area (Å²) in [5.74, 6) is 1.70. The molecule has 0 fully saturated rings. The van der Waals surface area contributed by atoms with Crippen LogP contribution >= 0.6 is 23.4 Å². The monoisotopic (exact) mass is 571 g/mol. The van der Waals surface area contributed by atoms with Crippen molar-refractivity contribution in [3.05, 3.63) is 75.1 Å². The van der Waals surface area contributed by atoms with Crippen LogP contribution in [-0.4, -0.2) is 51.2 Å². The topological polar surface area (TPSA) is 83.1 Å². The lowest BCUT2D eigenvalue weighted by Crippen LogP contribution is -2.36. The van der Waals surface area contributed by atoms with Crippen LogP contribution < -0.4 is 19.5 Å². The van der Waals surface area contributed by atoms with Crippen molar-refractivity contribution < 1.29 is 28.5 Å². The molecule has 1 N–H and O–H groups in total. The van der Waals surface area contributed by atoms with E-state index >= 15 is 0 Å². The molecule has 0 unspecified atom stereocenters. The maximum absolute atomic E-state index is 13.9. The van der Waals surface area contributed by atoms with E-state index in [0.29, 0.717) is 56.9 Å². The average molecular weight is 572 g/mol. The summed E-state index contributed by atoms with van der Waals surface area (Å²) < 4.78 is 22.4. The molecule has 2 aromatic rings. The number of dihydropyridines is 1. The van der Waals surface area contributed by atoms with Crippen molar-refractivity contribution in [2.75, 3.05) is 39.4 Å². The second kappa shape index (κ2) is 12.8. The summed E-state index contributed by atoms with van der Waals surface area (Å²) in [6.07, 6.45) is 0.859. The van der Waals surface area contributed by atoms with Gasteiger partial charge in [0.05, 0.1) is 26.9 Å². The van der Waals surface area contributed by atoms with Crippen molar-refractivity contribution in [2.45, 2.75) is 38.5 Å². The molecule has 2 aliphatic rings. The van der Waals surface area contributed by atoms with Crippen LogP contribution in [0.25, 0.3) is 0 Å². The molecule has 0 aromatic heterocycles. The maximum Gasteiger partial charge on any atom is 0.336 e. The highest BCUT2D eigenvalue weighted by Gasteiger charge is 2.42. The van der Waals surface area contributed by atoms with Crippen LogP contribution in [0, 0.1) is 0 Å². The van der Waals surface area contributed by atoms with E-state index < -0.39 is 11.9 Å². The standard InChI is InChI=1S/C30H34ClNO6S/c1-6-39-12-11-38-30(34)26-17(2)32-22-13-18(20-9-7-8-10-21(20)31)14-23(33)28(22)27(26)19-15-24(35-3)29(37-5)25(16-19)36-4/h7-10,15-16,18,27,32H,6,11-14H2,1-5H3/t18-,27-/m1/s1. The van der Waals surface area contributed by atoms with Gasteiger partial charge in [0, 0.05) is 40.1 Å². The van der Waals surface area contributed by atoms with Gasteiger partial charge in [-0.1, -0.05) is 36.7 Å². The van der Waals surface area contributed by atoms with Crippen molar-refractivity contribution in [1.29, 1.82) is 0 Å². The molecule has 0 saturated heterocycles. The minimum absolute atomic E-state index is 0.0493. The highest BCUT2D eigenvalue weighted by Crippen LogP contribution is 2.49. The third-order valence-electron chi connectivity index (χ3n) is 7.08. The molecule has 0 amide bonds. The first-order valence-electron chi connectivity index (χ1n) is 12.9. The van der Waals surface area contributed by atoms with Crippen LogP contribution in [0.5, 0.6) is 17.2 Å². The van der Waals surface area contributed by atoms with Crippen LogP contribution in [0.15, 0.2) is 58.9 Å². The van der Waals surface area contributed by atoms with Crippen LogP contribution in [0.4, 0.5) is 0 Å². The summed E-state index contributed by atoms with van der Waals surface area (Å²) >= 11 is 8.20. The molecule has 1 aliphatic heterocycles. The number of allylic oxidation sites excluding steroid dienone is 3. The average Bonchev–Trinajstić information content (AvgIpc) is 2.93. The molecule has 7 nitrogen and oxygen atoms in total. The van der Waals surface area contributed by atoms with E-state index in [0.717, 1.165) is 17.0 Å². The zero-order chi connectivity index (χ0) is 28.1. The molecule has 4 rings (SSSR count). The van der Waals surface area contributed by atoms with Crippen LogP contribution in [0.2, 0.25) is 5.02 Å². The minimum atomic E-state index is -0.666. The molecule has 9 heteroatoms. The largest absolute Gasteiger partial charge is 0.493 e. The summed E-state index contributed by atoms with van der Waals surface area (Å²) in [5, 5.41) is 4.02. The number of rotatable bonds is 10. The minimum Gasteiger partial charge on any atom is -0.493 e. The number of ketones is 1. The number of carbonyl (C=O) groups excluding carboxylic acids is 2. The van der Waals surface area contributed by atoms with Crippen LogP contribution in [-0.2, 0) is 14.3 Å². The predicted molar refractivity (Wildman–Crippen MR) is 154 cm³/mol. The number of hydrogen-bond donors (Lipinski definition) is 1. The molecule has 0 bridgehead atoms. The molecule has 1 heterocycles. The smallest absolute Gasteiger partial charge is 0.336 e. The second-order valence-electron chi connectivity index (χ2n) is 9.33. The van der Waals surface area contributed by atoms with E-state index in [4.69, 9.17) is 30.5 Å². The Bertz CT molecular complexity index is 1300. The third-order valence-corrected chi connectivity index (χ3v) is 8.29. The van der Waals surface area contributed by atoms with Crippen molar-refractivity contribution in [3.8, 4) is 17.2 Å². The zero-order valence-electron chi connectivity index (χ0n) is 22.9. The Kier molecular flexibility index (Phi) is 9.51. The summed E-state index contributed by atoms with van der Waals surface area (Å²) in [6.45, 7) is 4.18. The number of ether oxygens (including phenoxy) is 4. The fourth-order valence-electron chi connectivity index (χ4n) is 5.35. The van der Waals surface area contributed by atoms with Gasteiger partial charge in [0.2, 0.25) is 5.75 Å². The fourth-order valence-corrected chi connectivity index (χ4v) is 6.13. The number of halogens is 1. The quantitative estimate of drug-likeness (QED) is 0.274. The zero-order valence-corrected chi connectivity index (χ0v) is 24.5. The Morgan fingerprint density at radius 1 is 1.08 bits per heavy atom. The van der Waals surface area contributed by atoms with Gasteiger partial charge in [-0.3, -0.25) is 4.79 Å². The molecule has 2 aromatic carbocycles. The SMILES string of the molecule is CCSCCOC(=O)C1=C(C)NC2=C(C(=O)C[C@H](c3ccccc3Cl)C2)[C@@H]1c1cc(OC)c(OC)c(OC)c1. The van der Waals surface area contributed by atoms with Gasteiger partial charge >= 0.3 is 5.97 Å². The summed E-state index contributed by atoms with van der Waals surface area (Å²) in [6, 6.07) is 11.2. The summed E-state index contributed by atoms with van der Waals surface area (Å²) in [4.78, 5) is 27.4. The van der Waals surface area contributed by atoms with E-state index in [-0.39, 0.29) is 24.7 Å². The number of benzene rings is 2. The lowest BCUT2D eigenvalue weighted by atomic mass is 9.71. The molecule has 1 aliphatic carbocycles. The number of thioether (sulfide) groups is 1. The first kappa shape index (κ1) is 28.9. The highest BCUT2D eigenvalue weighted by molar-refractivity contribution is 7.99. The second-order valence-corrected chi connectivity index (χ2v) is 11.1. The van der Waals surface area contributed by atoms with Crippen molar-refractivity contribution in [2.24, 2.45) is 0 Å². The van der Waals surface area contributed by atoms with Gasteiger partial charge in [-0.25, -0.2) is 4.79 Å². The lowest BCUT2D eigenvalue weighted by Gasteiger charge is -2.37. The Morgan fingerprint density at radius 3 is 2.38 bits per heavy atom. The van der Waals surface area contributed by atoms with Crippen LogP contribution in [0.1, 0.15) is 49.7 Å². The normalized spacial score (nSPS) is 18.9. The fraction of sp³-hybridized carbons (Fsp3) is 0.400. The van der Waals surface area contributed by atoms with Gasteiger partial charge in [-0.05, 0) is 54.3 Å². The number of hydrogen-bond acceptors (Lipinski definition) is 8. The first-order chi connectivity index (χ1) is 18.8. The molecule has 208 valence electrons. The lowest BCUT2D eigenvalue weighted by molar-refractivity contribution is -0.138. The maximum atomic E-state index is 13.9. The number of esters is 1. The van der Waals surface area contributed by atoms with E-state index in [2.05, 4.69) is 12.2 Å². The van der Waals surface area contributed by atoms with E-state index in [1.807, 2.05) is 31.2 Å². The number of methoxy groups -OCH3 is 3. The molecular weight excluding hydrogens is 538 g/mol. The van der Waals surface area contributed by atoms with E-state index in [9.17, 15) is 9.59 Å². The first-order valence-corrected chi connectivity index (χ1v) is 14.4. The van der Waals surface area contributed by atoms with E-state index in [1.54, 1.807) is 23.9 Å². The molecule has 2 atom stereocenters. The predicted octanol–water partition coefficient (Wildman–Crippen LogP) is 6.02. The molecule has 0 spiro atoms. The Balaban J connectivity index is 1.83. The molecule has 0 saturated carbocycles.